The van der Waals surface area contributed by atoms with Gasteiger partial charge in [-0.3, -0.25) is 0 Å². The van der Waals surface area contributed by atoms with Crippen molar-refractivity contribution >= 4 is 16.7 Å². The molecule has 2 heterocycles. The molecule has 2 N–H and O–H groups in total. The highest BCUT2D eigenvalue weighted by Gasteiger charge is 2.41. The van der Waals surface area contributed by atoms with Gasteiger partial charge in [-0.15, -0.1) is 0 Å². The summed E-state index contributed by atoms with van der Waals surface area (Å²) in [6.07, 6.45) is 2.71. The second-order valence-electron chi connectivity index (χ2n) is 6.75. The molecule has 2 fully saturated rings. The van der Waals surface area contributed by atoms with Gasteiger partial charge in [0.1, 0.15) is 11.6 Å². The first kappa shape index (κ1) is 13.8. The second-order valence-corrected chi connectivity index (χ2v) is 6.75. The van der Waals surface area contributed by atoms with Crippen LogP contribution in [-0.4, -0.2) is 31.2 Å². The molecule has 4 rings (SSSR count). The van der Waals surface area contributed by atoms with Crippen molar-refractivity contribution in [1.29, 1.82) is 0 Å². The lowest BCUT2D eigenvalue weighted by atomic mass is 9.99. The summed E-state index contributed by atoms with van der Waals surface area (Å²) in [5.74, 6) is 3.40. The van der Waals surface area contributed by atoms with Crippen LogP contribution in [0.15, 0.2) is 24.3 Å². The van der Waals surface area contributed by atoms with E-state index in [0.717, 1.165) is 36.1 Å². The first-order chi connectivity index (χ1) is 10.7. The molecule has 116 valence electrons. The monoisotopic (exact) mass is 297 g/mol. The van der Waals surface area contributed by atoms with Gasteiger partial charge in [0, 0.05) is 30.6 Å². The largest absolute Gasteiger partial charge is 0.497 e. The molecule has 2 aliphatic rings. The van der Waals surface area contributed by atoms with Crippen LogP contribution in [0.25, 0.3) is 10.9 Å². The Balaban J connectivity index is 1.69. The van der Waals surface area contributed by atoms with Crippen molar-refractivity contribution in [3.63, 3.8) is 0 Å². The van der Waals surface area contributed by atoms with E-state index in [-0.39, 0.29) is 6.04 Å². The zero-order valence-corrected chi connectivity index (χ0v) is 13.2. The summed E-state index contributed by atoms with van der Waals surface area (Å²) in [6, 6.07) is 8.57. The van der Waals surface area contributed by atoms with Gasteiger partial charge in [0.05, 0.1) is 12.6 Å². The van der Waals surface area contributed by atoms with Crippen molar-refractivity contribution in [2.45, 2.75) is 25.8 Å². The molecule has 2 atom stereocenters. The number of pyridine rings is 1. The molecule has 4 heteroatoms. The number of rotatable bonds is 3. The number of aromatic nitrogens is 1. The van der Waals surface area contributed by atoms with Crippen molar-refractivity contribution in [2.75, 3.05) is 25.1 Å². The Kier molecular flexibility index (Phi) is 3.22. The van der Waals surface area contributed by atoms with Crippen LogP contribution in [0.2, 0.25) is 0 Å². The highest BCUT2D eigenvalue weighted by Crippen LogP contribution is 2.41. The third-order valence-corrected chi connectivity index (χ3v) is 5.17. The molecule has 2 aromatic rings. The number of hydrogen-bond donors (Lipinski definition) is 1. The standard InChI is InChI=1S/C18H23N3O/c1-11-7-18(20-17-8-13(22-2)5-6-14(11)17)21-9-15(12-3-4-12)16(19)10-21/h5-8,12,15-16H,3-4,9-10,19H2,1-2H3/t15-,16+/m0/s1. The number of fused-ring (bicyclic) bond motifs is 1. The number of nitrogens with zero attached hydrogens (tertiary/aromatic N) is 2. The normalized spacial score (nSPS) is 25.0. The molecule has 1 saturated carbocycles. The first-order valence-electron chi connectivity index (χ1n) is 8.11. The van der Waals surface area contributed by atoms with E-state index in [2.05, 4.69) is 24.0 Å². The van der Waals surface area contributed by atoms with Crippen LogP contribution >= 0.6 is 0 Å². The van der Waals surface area contributed by atoms with Gasteiger partial charge in [0.15, 0.2) is 0 Å². The van der Waals surface area contributed by atoms with E-state index in [0.29, 0.717) is 5.92 Å². The Morgan fingerprint density at radius 3 is 2.77 bits per heavy atom. The summed E-state index contributed by atoms with van der Waals surface area (Å²) in [4.78, 5) is 7.23. The number of nitrogens with two attached hydrogens (primary N) is 1. The number of aryl methyl sites for hydroxylation is 1. The molecule has 0 bridgehead atoms. The minimum atomic E-state index is 0.288. The van der Waals surface area contributed by atoms with Gasteiger partial charge in [-0.2, -0.15) is 0 Å². The van der Waals surface area contributed by atoms with Gasteiger partial charge in [-0.05, 0) is 55.4 Å². The van der Waals surface area contributed by atoms with Crippen LogP contribution in [0.5, 0.6) is 5.75 Å². The fourth-order valence-electron chi connectivity index (χ4n) is 3.72. The predicted octanol–water partition coefficient (Wildman–Crippen LogP) is 2.73. The lowest BCUT2D eigenvalue weighted by Crippen LogP contribution is -2.30. The van der Waals surface area contributed by atoms with Crippen molar-refractivity contribution in [3.05, 3.63) is 29.8 Å². The average molecular weight is 297 g/mol. The van der Waals surface area contributed by atoms with Gasteiger partial charge in [-0.1, -0.05) is 0 Å². The van der Waals surface area contributed by atoms with Gasteiger partial charge in [0.25, 0.3) is 0 Å². The van der Waals surface area contributed by atoms with E-state index in [4.69, 9.17) is 15.5 Å². The molecular formula is C18H23N3O. The molecule has 0 spiro atoms. The topological polar surface area (TPSA) is 51.4 Å². The zero-order chi connectivity index (χ0) is 15.3. The summed E-state index contributed by atoms with van der Waals surface area (Å²) < 4.78 is 5.33. The zero-order valence-electron chi connectivity index (χ0n) is 13.2. The molecule has 1 aliphatic carbocycles. The van der Waals surface area contributed by atoms with Crippen LogP contribution in [0.3, 0.4) is 0 Å². The highest BCUT2D eigenvalue weighted by molar-refractivity contribution is 5.85. The molecule has 4 nitrogen and oxygen atoms in total. The predicted molar refractivity (Wildman–Crippen MR) is 89.4 cm³/mol. The Morgan fingerprint density at radius 2 is 2.05 bits per heavy atom. The van der Waals surface area contributed by atoms with Crippen LogP contribution < -0.4 is 15.4 Å². The van der Waals surface area contributed by atoms with Gasteiger partial charge >= 0.3 is 0 Å². The summed E-state index contributed by atoms with van der Waals surface area (Å²) in [6.45, 7) is 4.12. The molecular weight excluding hydrogens is 274 g/mol. The summed E-state index contributed by atoms with van der Waals surface area (Å²) in [5, 5.41) is 1.19. The molecule has 1 aliphatic heterocycles. The van der Waals surface area contributed by atoms with Gasteiger partial charge < -0.3 is 15.4 Å². The Hall–Kier alpha value is -1.81. The first-order valence-corrected chi connectivity index (χ1v) is 8.11. The quantitative estimate of drug-likeness (QED) is 0.946. The molecule has 0 radical (unpaired) electrons. The van der Waals surface area contributed by atoms with E-state index in [9.17, 15) is 0 Å². The van der Waals surface area contributed by atoms with Crippen LogP contribution in [0.4, 0.5) is 5.82 Å². The second kappa shape index (κ2) is 5.13. The SMILES string of the molecule is COc1ccc2c(C)cc(N3C[C@@H](N)[C@H](C4CC4)C3)nc2c1. The molecule has 1 aromatic carbocycles. The number of ether oxygens (including phenoxy) is 1. The summed E-state index contributed by atoms with van der Waals surface area (Å²) >= 11 is 0. The van der Waals surface area contributed by atoms with Crippen molar-refractivity contribution in [1.82, 2.24) is 4.98 Å². The Bertz CT molecular complexity index is 711. The summed E-state index contributed by atoms with van der Waals surface area (Å²) in [5.41, 5.74) is 8.61. The van der Waals surface area contributed by atoms with Gasteiger partial charge in [-0.25, -0.2) is 4.98 Å². The van der Waals surface area contributed by atoms with E-state index < -0.39 is 0 Å². The molecule has 0 unspecified atom stereocenters. The lowest BCUT2D eigenvalue weighted by Gasteiger charge is -2.19. The van der Waals surface area contributed by atoms with Crippen molar-refractivity contribution < 1.29 is 4.74 Å². The fraction of sp³-hybridized carbons (Fsp3) is 0.500. The summed E-state index contributed by atoms with van der Waals surface area (Å²) in [7, 11) is 1.69. The van der Waals surface area contributed by atoms with E-state index in [1.807, 2.05) is 12.1 Å². The highest BCUT2D eigenvalue weighted by atomic mass is 16.5. The minimum Gasteiger partial charge on any atom is -0.497 e. The smallest absolute Gasteiger partial charge is 0.129 e. The minimum absolute atomic E-state index is 0.288. The van der Waals surface area contributed by atoms with Crippen LogP contribution in [0.1, 0.15) is 18.4 Å². The fourth-order valence-corrected chi connectivity index (χ4v) is 3.72. The van der Waals surface area contributed by atoms with Gasteiger partial charge in [0.2, 0.25) is 0 Å². The maximum Gasteiger partial charge on any atom is 0.129 e. The van der Waals surface area contributed by atoms with E-state index in [1.54, 1.807) is 7.11 Å². The van der Waals surface area contributed by atoms with Crippen LogP contribution in [-0.2, 0) is 0 Å². The molecule has 1 saturated heterocycles. The number of anilines is 1. The Morgan fingerprint density at radius 1 is 1.23 bits per heavy atom. The van der Waals surface area contributed by atoms with E-state index in [1.165, 1.54) is 23.8 Å². The molecule has 0 amide bonds. The maximum absolute atomic E-state index is 6.35. The molecule has 1 aromatic heterocycles. The Labute approximate surface area is 131 Å². The number of hydrogen-bond acceptors (Lipinski definition) is 4. The van der Waals surface area contributed by atoms with E-state index >= 15 is 0 Å². The number of benzene rings is 1. The maximum atomic E-state index is 6.35. The average Bonchev–Trinajstić information content (AvgIpc) is 3.29. The van der Waals surface area contributed by atoms with Crippen LogP contribution in [0, 0.1) is 18.8 Å². The van der Waals surface area contributed by atoms with Crippen molar-refractivity contribution in [3.8, 4) is 5.75 Å². The number of methoxy groups -OCH3 is 1. The van der Waals surface area contributed by atoms with Crippen molar-refractivity contribution in [2.24, 2.45) is 17.6 Å². The lowest BCUT2D eigenvalue weighted by molar-refractivity contribution is 0.415. The third-order valence-electron chi connectivity index (χ3n) is 5.17. The molecule has 22 heavy (non-hydrogen) atoms. The third kappa shape index (κ3) is 2.31.